The van der Waals surface area contributed by atoms with Crippen molar-refractivity contribution in [3.8, 4) is 0 Å². The van der Waals surface area contributed by atoms with Gasteiger partial charge < -0.3 is 5.32 Å². The third-order valence-corrected chi connectivity index (χ3v) is 6.02. The monoisotopic (exact) mass is 375 g/mol. The molecule has 0 saturated heterocycles. The van der Waals surface area contributed by atoms with E-state index in [0.717, 1.165) is 10.1 Å². The molecular weight excluding hydrogens is 350 g/mol. The molecule has 2 aliphatic carbocycles. The minimum Gasteiger partial charge on any atom is -0.367 e. The van der Waals surface area contributed by atoms with Gasteiger partial charge in [-0.1, -0.05) is 38.5 Å². The van der Waals surface area contributed by atoms with Crippen LogP contribution in [0.3, 0.4) is 0 Å². The lowest BCUT2D eigenvalue weighted by Crippen LogP contribution is -2.24. The Kier molecular flexibility index (Phi) is 4.61. The average molecular weight is 376 g/mol. The summed E-state index contributed by atoms with van der Waals surface area (Å²) in [6, 6.07) is 4.84. The minimum atomic E-state index is 0.616. The molecule has 2 heterocycles. The fourth-order valence-corrected chi connectivity index (χ4v) is 4.62. The molecule has 2 aromatic rings. The third-order valence-electron chi connectivity index (χ3n) is 5.55. The first-order valence-electron chi connectivity index (χ1n) is 9.25. The van der Waals surface area contributed by atoms with Crippen molar-refractivity contribution >= 4 is 27.4 Å². The van der Waals surface area contributed by atoms with E-state index in [-0.39, 0.29) is 0 Å². The van der Waals surface area contributed by atoms with E-state index in [2.05, 4.69) is 44.0 Å². The fourth-order valence-electron chi connectivity index (χ4n) is 4.28. The molecule has 0 amide bonds. The van der Waals surface area contributed by atoms with Crippen molar-refractivity contribution in [1.29, 1.82) is 0 Å². The van der Waals surface area contributed by atoms with E-state index >= 15 is 0 Å². The van der Waals surface area contributed by atoms with Crippen molar-refractivity contribution in [2.75, 3.05) is 5.32 Å². The highest BCUT2D eigenvalue weighted by Crippen LogP contribution is 2.37. The number of halogens is 1. The number of aromatic nitrogens is 2. The molecule has 2 aliphatic rings. The van der Waals surface area contributed by atoms with Gasteiger partial charge in [-0.2, -0.15) is 0 Å². The number of nitrogens with zero attached hydrogens (tertiary/aromatic N) is 2. The maximum atomic E-state index is 5.02. The predicted octanol–water partition coefficient (Wildman–Crippen LogP) is 5.89. The minimum absolute atomic E-state index is 0.616. The zero-order valence-electron chi connectivity index (χ0n) is 13.7. The first-order valence-corrected chi connectivity index (χ1v) is 10.0. The second-order valence-corrected chi connectivity index (χ2v) is 8.15. The summed E-state index contributed by atoms with van der Waals surface area (Å²) in [7, 11) is 0. The summed E-state index contributed by atoms with van der Waals surface area (Å²) in [6.45, 7) is 0. The van der Waals surface area contributed by atoms with Crippen LogP contribution in [0.1, 0.15) is 75.8 Å². The molecule has 0 aromatic carbocycles. The summed E-state index contributed by atoms with van der Waals surface area (Å²) in [4.78, 5) is 5.02. The van der Waals surface area contributed by atoms with Gasteiger partial charge in [-0.3, -0.25) is 4.40 Å². The largest absolute Gasteiger partial charge is 0.367 e. The van der Waals surface area contributed by atoms with E-state index in [9.17, 15) is 0 Å². The lowest BCUT2D eigenvalue weighted by molar-refractivity contribution is 0.435. The molecule has 0 radical (unpaired) electrons. The number of pyridine rings is 1. The van der Waals surface area contributed by atoms with Crippen LogP contribution in [0.25, 0.3) is 5.65 Å². The van der Waals surface area contributed by atoms with Gasteiger partial charge >= 0.3 is 0 Å². The lowest BCUT2D eigenvalue weighted by atomic mass is 9.86. The summed E-state index contributed by atoms with van der Waals surface area (Å²) < 4.78 is 3.38. The average Bonchev–Trinajstić information content (AvgIpc) is 2.95. The number of nitrogens with one attached hydrogen (secondary N) is 1. The second kappa shape index (κ2) is 6.84. The van der Waals surface area contributed by atoms with Crippen LogP contribution in [0, 0.1) is 0 Å². The molecular formula is C19H26BrN3. The normalized spacial score (nSPS) is 20.9. The molecule has 2 fully saturated rings. The predicted molar refractivity (Wildman–Crippen MR) is 99.2 cm³/mol. The Morgan fingerprint density at radius 1 is 0.957 bits per heavy atom. The number of hydrogen-bond acceptors (Lipinski definition) is 2. The van der Waals surface area contributed by atoms with Crippen LogP contribution in [0.15, 0.2) is 22.8 Å². The van der Waals surface area contributed by atoms with E-state index in [1.54, 1.807) is 0 Å². The molecule has 0 unspecified atom stereocenters. The van der Waals surface area contributed by atoms with Gasteiger partial charge in [0.05, 0.1) is 5.69 Å². The molecule has 2 saturated carbocycles. The van der Waals surface area contributed by atoms with Gasteiger partial charge in [-0.05, 0) is 53.7 Å². The Morgan fingerprint density at radius 3 is 2.39 bits per heavy atom. The van der Waals surface area contributed by atoms with Crippen molar-refractivity contribution in [2.45, 2.75) is 76.2 Å². The molecule has 124 valence electrons. The van der Waals surface area contributed by atoms with Crippen LogP contribution in [-0.2, 0) is 0 Å². The van der Waals surface area contributed by atoms with Gasteiger partial charge in [-0.15, -0.1) is 0 Å². The topological polar surface area (TPSA) is 29.3 Å². The summed E-state index contributed by atoms with van der Waals surface area (Å²) in [5, 5.41) is 3.88. The SMILES string of the molecule is Brc1ccc2nc(C3CCCCC3)c(NC3CCCCC3)n2c1. The molecule has 0 bridgehead atoms. The smallest absolute Gasteiger partial charge is 0.138 e. The van der Waals surface area contributed by atoms with Crippen LogP contribution >= 0.6 is 15.9 Å². The van der Waals surface area contributed by atoms with E-state index in [0.29, 0.717) is 12.0 Å². The number of hydrogen-bond donors (Lipinski definition) is 1. The van der Waals surface area contributed by atoms with Crippen molar-refractivity contribution in [3.63, 3.8) is 0 Å². The van der Waals surface area contributed by atoms with Gasteiger partial charge in [0, 0.05) is 22.6 Å². The highest BCUT2D eigenvalue weighted by atomic mass is 79.9. The molecule has 4 rings (SSSR count). The zero-order valence-corrected chi connectivity index (χ0v) is 15.3. The second-order valence-electron chi connectivity index (χ2n) is 7.24. The first-order chi connectivity index (χ1) is 11.3. The Labute approximate surface area is 147 Å². The molecule has 23 heavy (non-hydrogen) atoms. The lowest BCUT2D eigenvalue weighted by Gasteiger charge is -2.26. The van der Waals surface area contributed by atoms with Gasteiger partial charge in [0.2, 0.25) is 0 Å². The first kappa shape index (κ1) is 15.5. The van der Waals surface area contributed by atoms with Gasteiger partial charge in [-0.25, -0.2) is 4.98 Å². The molecule has 3 nitrogen and oxygen atoms in total. The molecule has 0 atom stereocenters. The molecule has 2 aromatic heterocycles. The Balaban J connectivity index is 1.72. The molecule has 0 aliphatic heterocycles. The maximum absolute atomic E-state index is 5.02. The van der Waals surface area contributed by atoms with Crippen molar-refractivity contribution < 1.29 is 0 Å². The van der Waals surface area contributed by atoms with Crippen LogP contribution in [0.4, 0.5) is 5.82 Å². The summed E-state index contributed by atoms with van der Waals surface area (Å²) in [5.41, 5.74) is 2.39. The number of imidazole rings is 1. The maximum Gasteiger partial charge on any atom is 0.138 e. The number of anilines is 1. The van der Waals surface area contributed by atoms with E-state index in [1.165, 1.54) is 75.7 Å². The van der Waals surface area contributed by atoms with Crippen LogP contribution in [0.2, 0.25) is 0 Å². The van der Waals surface area contributed by atoms with Crippen molar-refractivity contribution in [3.05, 3.63) is 28.5 Å². The van der Waals surface area contributed by atoms with Crippen LogP contribution < -0.4 is 5.32 Å². The Morgan fingerprint density at radius 2 is 1.65 bits per heavy atom. The highest BCUT2D eigenvalue weighted by Gasteiger charge is 2.25. The number of fused-ring (bicyclic) bond motifs is 1. The van der Waals surface area contributed by atoms with Crippen LogP contribution in [0.5, 0.6) is 0 Å². The molecule has 0 spiro atoms. The summed E-state index contributed by atoms with van der Waals surface area (Å²) in [6.07, 6.45) is 15.6. The van der Waals surface area contributed by atoms with Gasteiger partial charge in [0.25, 0.3) is 0 Å². The third kappa shape index (κ3) is 3.28. The van der Waals surface area contributed by atoms with Crippen molar-refractivity contribution in [2.24, 2.45) is 0 Å². The Bertz CT molecular complexity index is 667. The van der Waals surface area contributed by atoms with E-state index < -0.39 is 0 Å². The van der Waals surface area contributed by atoms with E-state index in [1.807, 2.05) is 0 Å². The zero-order chi connectivity index (χ0) is 15.6. The van der Waals surface area contributed by atoms with Crippen molar-refractivity contribution in [1.82, 2.24) is 9.38 Å². The highest BCUT2D eigenvalue weighted by molar-refractivity contribution is 9.10. The van der Waals surface area contributed by atoms with Gasteiger partial charge in [0.1, 0.15) is 11.5 Å². The molecule has 1 N–H and O–H groups in total. The number of rotatable bonds is 3. The fraction of sp³-hybridized carbons (Fsp3) is 0.632. The van der Waals surface area contributed by atoms with Crippen LogP contribution in [-0.4, -0.2) is 15.4 Å². The quantitative estimate of drug-likeness (QED) is 0.724. The summed E-state index contributed by atoms with van der Waals surface area (Å²) >= 11 is 3.62. The Hall–Kier alpha value is -1.03. The molecule has 4 heteroatoms. The van der Waals surface area contributed by atoms with Gasteiger partial charge in [0.15, 0.2) is 0 Å². The van der Waals surface area contributed by atoms with E-state index in [4.69, 9.17) is 4.98 Å². The summed E-state index contributed by atoms with van der Waals surface area (Å²) in [5.74, 6) is 1.90. The standard InChI is InChI=1S/C19H26BrN3/c20-15-11-12-17-22-18(14-7-3-1-4-8-14)19(23(17)13-15)21-16-9-5-2-6-10-16/h11-14,16,21H,1-10H2.